The molecule has 1 aromatic rings. The van der Waals surface area contributed by atoms with Crippen LogP contribution >= 0.6 is 0 Å². The van der Waals surface area contributed by atoms with Gasteiger partial charge in [0.05, 0.1) is 7.11 Å². The summed E-state index contributed by atoms with van der Waals surface area (Å²) in [5.41, 5.74) is 2.28. The monoisotopic (exact) mass is 337 g/mol. The van der Waals surface area contributed by atoms with E-state index < -0.39 is 24.1 Å². The van der Waals surface area contributed by atoms with Crippen molar-refractivity contribution in [3.63, 3.8) is 0 Å². The molecule has 0 aliphatic carbocycles. The van der Waals surface area contributed by atoms with Crippen molar-refractivity contribution in [1.29, 1.82) is 0 Å². The van der Waals surface area contributed by atoms with Crippen LogP contribution in [0.5, 0.6) is 5.75 Å². The fourth-order valence-electron chi connectivity index (χ4n) is 2.07. The van der Waals surface area contributed by atoms with Crippen molar-refractivity contribution < 1.29 is 28.6 Å². The Bertz CT molecular complexity index is 611. The van der Waals surface area contributed by atoms with Gasteiger partial charge >= 0.3 is 12.1 Å². The van der Waals surface area contributed by atoms with Gasteiger partial charge in [0.15, 0.2) is 12.7 Å². The van der Waals surface area contributed by atoms with Crippen molar-refractivity contribution in [3.05, 3.63) is 29.3 Å². The van der Waals surface area contributed by atoms with E-state index in [1.165, 1.54) is 12.5 Å². The molecular formula is C17H23NO6. The van der Waals surface area contributed by atoms with Crippen molar-refractivity contribution in [2.45, 2.75) is 39.7 Å². The Morgan fingerprint density at radius 1 is 1.17 bits per heavy atom. The highest BCUT2D eigenvalue weighted by atomic mass is 16.6. The number of nitrogens with one attached hydrogen (secondary N) is 1. The Morgan fingerprint density at radius 3 is 2.38 bits per heavy atom. The number of benzene rings is 1. The third-order valence-electron chi connectivity index (χ3n) is 3.31. The summed E-state index contributed by atoms with van der Waals surface area (Å²) in [7, 11) is 1.12. The number of hydrogen-bond donors (Lipinski definition) is 1. The lowest BCUT2D eigenvalue weighted by molar-refractivity contribution is -0.156. The molecular weight excluding hydrogens is 314 g/mol. The molecule has 0 aliphatic rings. The van der Waals surface area contributed by atoms with Crippen molar-refractivity contribution in [2.24, 2.45) is 0 Å². The first-order valence-electron chi connectivity index (χ1n) is 7.56. The third kappa shape index (κ3) is 5.91. The highest BCUT2D eigenvalue weighted by molar-refractivity contribution is 5.95. The van der Waals surface area contributed by atoms with E-state index in [0.717, 1.165) is 12.7 Å². The van der Waals surface area contributed by atoms with Crippen molar-refractivity contribution in [1.82, 2.24) is 5.32 Å². The molecule has 0 heterocycles. The molecule has 0 aliphatic heterocycles. The summed E-state index contributed by atoms with van der Waals surface area (Å²) in [4.78, 5) is 34.2. The van der Waals surface area contributed by atoms with E-state index in [9.17, 15) is 14.4 Å². The Kier molecular flexibility index (Phi) is 7.23. The molecule has 24 heavy (non-hydrogen) atoms. The summed E-state index contributed by atoms with van der Waals surface area (Å²) in [5.74, 6) is -0.542. The van der Waals surface area contributed by atoms with Gasteiger partial charge in [0.25, 0.3) is 5.91 Å². The topological polar surface area (TPSA) is 90.9 Å². The molecule has 0 radical (unpaired) electrons. The number of ether oxygens (including phenoxy) is 3. The predicted octanol–water partition coefficient (Wildman–Crippen LogP) is 2.31. The van der Waals surface area contributed by atoms with Gasteiger partial charge in [0, 0.05) is 0 Å². The number of hydrogen-bond acceptors (Lipinski definition) is 6. The molecule has 1 aromatic carbocycles. The second-order valence-electron chi connectivity index (χ2n) is 5.57. The average molecular weight is 337 g/mol. The zero-order valence-corrected chi connectivity index (χ0v) is 14.5. The number of amides is 2. The number of aryl methyl sites for hydroxylation is 1. The quantitative estimate of drug-likeness (QED) is 0.801. The SMILES string of the molecule is COC(=O)NC(=O)[C@H](C)OC(=O)COc1ccc(C(C)C)c(C)c1. The molecule has 0 spiro atoms. The van der Waals surface area contributed by atoms with Crippen LogP contribution in [0.4, 0.5) is 4.79 Å². The number of alkyl carbamates (subject to hydrolysis) is 1. The predicted molar refractivity (Wildman–Crippen MR) is 86.9 cm³/mol. The Balaban J connectivity index is 2.50. The number of carbonyl (C=O) groups excluding carboxylic acids is 3. The summed E-state index contributed by atoms with van der Waals surface area (Å²) < 4.78 is 14.5. The molecule has 0 unspecified atom stereocenters. The molecule has 1 N–H and O–H groups in total. The third-order valence-corrected chi connectivity index (χ3v) is 3.31. The minimum Gasteiger partial charge on any atom is -0.482 e. The molecule has 0 saturated heterocycles. The van der Waals surface area contributed by atoms with Crippen LogP contribution in [0.2, 0.25) is 0 Å². The molecule has 0 saturated carbocycles. The number of rotatable bonds is 6. The molecule has 1 atom stereocenters. The molecule has 2 amide bonds. The number of methoxy groups -OCH3 is 1. The largest absolute Gasteiger partial charge is 0.482 e. The van der Waals surface area contributed by atoms with Crippen molar-refractivity contribution in [2.75, 3.05) is 13.7 Å². The Hall–Kier alpha value is -2.57. The van der Waals surface area contributed by atoms with Crippen LogP contribution in [0.25, 0.3) is 0 Å². The number of esters is 1. The van der Waals surface area contributed by atoms with E-state index in [-0.39, 0.29) is 6.61 Å². The zero-order valence-electron chi connectivity index (χ0n) is 14.5. The minimum absolute atomic E-state index is 0.337. The average Bonchev–Trinajstić information content (AvgIpc) is 2.52. The summed E-state index contributed by atoms with van der Waals surface area (Å²) in [6.07, 6.45) is -2.05. The van der Waals surface area contributed by atoms with Crippen LogP contribution in [0.1, 0.15) is 37.8 Å². The standard InChI is InChI=1S/C17H23NO6/c1-10(2)14-7-6-13(8-11(14)3)23-9-15(19)24-12(4)16(20)18-17(21)22-5/h6-8,10,12H,9H2,1-5H3,(H,18,20,21)/t12-/m0/s1. The van der Waals surface area contributed by atoms with Gasteiger partial charge < -0.3 is 14.2 Å². The molecule has 0 bridgehead atoms. The van der Waals surface area contributed by atoms with Gasteiger partial charge in [-0.25, -0.2) is 9.59 Å². The van der Waals surface area contributed by atoms with Gasteiger partial charge in [-0.2, -0.15) is 0 Å². The Labute approximate surface area is 141 Å². The summed E-state index contributed by atoms with van der Waals surface area (Å²) in [6.45, 7) is 7.18. The smallest absolute Gasteiger partial charge is 0.413 e. The first-order valence-corrected chi connectivity index (χ1v) is 7.56. The van der Waals surface area contributed by atoms with Crippen molar-refractivity contribution in [3.8, 4) is 5.75 Å². The van der Waals surface area contributed by atoms with Crippen LogP contribution in [-0.4, -0.2) is 37.8 Å². The first-order chi connectivity index (χ1) is 11.2. The van der Waals surface area contributed by atoms with Crippen LogP contribution < -0.4 is 10.1 Å². The Morgan fingerprint density at radius 2 is 1.83 bits per heavy atom. The lowest BCUT2D eigenvalue weighted by atomic mass is 9.98. The van der Waals surface area contributed by atoms with Crippen LogP contribution in [0, 0.1) is 6.92 Å². The van der Waals surface area contributed by atoms with E-state index in [2.05, 4.69) is 18.6 Å². The van der Waals surface area contributed by atoms with Gasteiger partial charge in [-0.05, 0) is 43.0 Å². The van der Waals surface area contributed by atoms with E-state index in [4.69, 9.17) is 9.47 Å². The van der Waals surface area contributed by atoms with E-state index in [1.807, 2.05) is 24.4 Å². The van der Waals surface area contributed by atoms with E-state index >= 15 is 0 Å². The van der Waals surface area contributed by atoms with Gasteiger partial charge in [0.1, 0.15) is 5.75 Å². The maximum Gasteiger partial charge on any atom is 0.413 e. The summed E-state index contributed by atoms with van der Waals surface area (Å²) in [6, 6.07) is 5.58. The van der Waals surface area contributed by atoms with E-state index in [0.29, 0.717) is 11.7 Å². The highest BCUT2D eigenvalue weighted by Crippen LogP contribution is 2.23. The maximum atomic E-state index is 11.7. The van der Waals surface area contributed by atoms with Crippen LogP contribution in [0.3, 0.4) is 0 Å². The van der Waals surface area contributed by atoms with Gasteiger partial charge in [-0.15, -0.1) is 0 Å². The maximum absolute atomic E-state index is 11.7. The van der Waals surface area contributed by atoms with Crippen LogP contribution in [-0.2, 0) is 19.1 Å². The lowest BCUT2D eigenvalue weighted by Crippen LogP contribution is -2.40. The lowest BCUT2D eigenvalue weighted by Gasteiger charge is -2.14. The number of imide groups is 1. The first kappa shape index (κ1) is 19.5. The second kappa shape index (κ2) is 8.90. The molecule has 132 valence electrons. The molecule has 7 heteroatoms. The van der Waals surface area contributed by atoms with Crippen molar-refractivity contribution >= 4 is 18.0 Å². The fourth-order valence-corrected chi connectivity index (χ4v) is 2.07. The highest BCUT2D eigenvalue weighted by Gasteiger charge is 2.20. The summed E-state index contributed by atoms with van der Waals surface area (Å²) in [5, 5.41) is 1.91. The van der Waals surface area contributed by atoms with E-state index in [1.54, 1.807) is 6.07 Å². The molecule has 0 aromatic heterocycles. The fraction of sp³-hybridized carbons (Fsp3) is 0.471. The van der Waals surface area contributed by atoms with Gasteiger partial charge in [-0.3, -0.25) is 10.1 Å². The second-order valence-corrected chi connectivity index (χ2v) is 5.57. The normalized spacial score (nSPS) is 11.6. The summed E-state index contributed by atoms with van der Waals surface area (Å²) >= 11 is 0. The van der Waals surface area contributed by atoms with Crippen LogP contribution in [0.15, 0.2) is 18.2 Å². The molecule has 7 nitrogen and oxygen atoms in total. The van der Waals surface area contributed by atoms with Gasteiger partial charge in [0.2, 0.25) is 0 Å². The zero-order chi connectivity index (χ0) is 18.3. The minimum atomic E-state index is -1.13. The van der Waals surface area contributed by atoms with Gasteiger partial charge in [-0.1, -0.05) is 19.9 Å². The molecule has 0 fully saturated rings. The molecule has 1 rings (SSSR count). The number of carbonyl (C=O) groups is 3.